The molecule has 2 unspecified atom stereocenters. The highest BCUT2D eigenvalue weighted by atomic mass is 35.5. The molecule has 3 amide bonds. The first-order chi connectivity index (χ1) is 19.9. The number of hydrazine groups is 1. The van der Waals surface area contributed by atoms with Gasteiger partial charge in [0, 0.05) is 16.1 Å². The van der Waals surface area contributed by atoms with Crippen LogP contribution in [0.15, 0.2) is 120 Å². The van der Waals surface area contributed by atoms with Crippen molar-refractivity contribution in [2.45, 2.75) is 11.4 Å². The molecule has 2 heterocycles. The van der Waals surface area contributed by atoms with Gasteiger partial charge in [0.1, 0.15) is 23.0 Å². The van der Waals surface area contributed by atoms with Crippen molar-refractivity contribution in [1.29, 1.82) is 0 Å². The molecule has 4 aromatic rings. The van der Waals surface area contributed by atoms with Crippen LogP contribution in [0.1, 0.15) is 33.1 Å². The summed E-state index contributed by atoms with van der Waals surface area (Å²) in [6.07, 6.45) is 1.75. The van der Waals surface area contributed by atoms with Gasteiger partial charge < -0.3 is 0 Å². The monoisotopic (exact) mass is 580 g/mol. The van der Waals surface area contributed by atoms with Crippen molar-refractivity contribution in [3.05, 3.63) is 142 Å². The number of hydrogen-bond donors (Lipinski definition) is 1. The van der Waals surface area contributed by atoms with Crippen molar-refractivity contribution in [2.24, 2.45) is 4.99 Å². The molecule has 6 rings (SSSR count). The Morgan fingerprint density at radius 2 is 1.46 bits per heavy atom. The van der Waals surface area contributed by atoms with Crippen molar-refractivity contribution >= 4 is 58.5 Å². The van der Waals surface area contributed by atoms with Crippen LogP contribution in [0.5, 0.6) is 0 Å². The number of carbonyl (C=O) groups is 3. The third-order valence-electron chi connectivity index (χ3n) is 6.86. The number of nitrogens with one attached hydrogen (secondary N) is 1. The van der Waals surface area contributed by atoms with Crippen LogP contribution < -0.4 is 10.3 Å². The van der Waals surface area contributed by atoms with E-state index < -0.39 is 23.2 Å². The molecular formula is C32H22Cl2N4O3. The Hall–Kier alpha value is -4.72. The second-order valence-corrected chi connectivity index (χ2v) is 10.3. The van der Waals surface area contributed by atoms with Crippen LogP contribution >= 0.6 is 23.2 Å². The molecule has 4 aromatic carbocycles. The maximum absolute atomic E-state index is 13.6. The molecule has 0 aromatic heterocycles. The number of amides is 3. The Morgan fingerprint density at radius 1 is 0.829 bits per heavy atom. The summed E-state index contributed by atoms with van der Waals surface area (Å²) in [5.41, 5.74) is 6.05. The standard InChI is InChI=1S/C32H22Cl2N4O3/c33-25-14-8-7-13-24(25)28-27(34)32(41)38(28)36-30(39)22-15-17-23(18-16-22)37-29(21-11-5-2-6-12-21)35-26(31(37)40)19-20-9-3-1-4-10-20/h1-19,27-28H,(H,36,39)/b26-19-. The molecule has 0 saturated carbocycles. The SMILES string of the molecule is O=C(NN1C(=O)C(Cl)C1c1ccccc1Cl)c1ccc(N2C(=O)/C(=C/c3ccccc3)N=C2c2ccccc2)cc1. The number of nitrogens with zero attached hydrogens (tertiary/aromatic N) is 3. The number of hydrogen-bond acceptors (Lipinski definition) is 4. The number of benzene rings is 4. The number of rotatable bonds is 6. The van der Waals surface area contributed by atoms with E-state index in [0.717, 1.165) is 11.1 Å². The topological polar surface area (TPSA) is 82.1 Å². The molecule has 7 nitrogen and oxygen atoms in total. The van der Waals surface area contributed by atoms with Crippen molar-refractivity contribution in [1.82, 2.24) is 10.4 Å². The Bertz CT molecular complexity index is 1710. The van der Waals surface area contributed by atoms with E-state index in [-0.39, 0.29) is 5.91 Å². The lowest BCUT2D eigenvalue weighted by Gasteiger charge is -2.44. The maximum Gasteiger partial charge on any atom is 0.282 e. The second kappa shape index (κ2) is 11.0. The normalized spacial score (nSPS) is 19.3. The van der Waals surface area contributed by atoms with Crippen LogP contribution in [0.3, 0.4) is 0 Å². The molecule has 1 fully saturated rings. The number of anilines is 1. The Labute approximate surface area is 246 Å². The first-order valence-electron chi connectivity index (χ1n) is 12.8. The van der Waals surface area contributed by atoms with E-state index in [4.69, 9.17) is 23.2 Å². The molecule has 0 spiro atoms. The highest BCUT2D eigenvalue weighted by molar-refractivity contribution is 6.35. The lowest BCUT2D eigenvalue weighted by atomic mass is 9.95. The van der Waals surface area contributed by atoms with Gasteiger partial charge in [0.25, 0.3) is 17.7 Å². The lowest BCUT2D eigenvalue weighted by molar-refractivity contribution is -0.149. The summed E-state index contributed by atoms with van der Waals surface area (Å²) in [4.78, 5) is 45.4. The zero-order valence-electron chi connectivity index (χ0n) is 21.4. The van der Waals surface area contributed by atoms with Crippen molar-refractivity contribution in [3.63, 3.8) is 0 Å². The van der Waals surface area contributed by atoms with Gasteiger partial charge in [-0.25, -0.2) is 10.0 Å². The van der Waals surface area contributed by atoms with E-state index >= 15 is 0 Å². The number of alkyl halides is 1. The summed E-state index contributed by atoms with van der Waals surface area (Å²) in [5, 5.41) is 0.804. The first-order valence-corrected chi connectivity index (χ1v) is 13.6. The number of amidine groups is 1. The molecule has 0 bridgehead atoms. The summed E-state index contributed by atoms with van der Waals surface area (Å²) in [6, 6.07) is 31.9. The molecule has 9 heteroatoms. The molecule has 41 heavy (non-hydrogen) atoms. The van der Waals surface area contributed by atoms with Crippen LogP contribution in [0.4, 0.5) is 5.69 Å². The van der Waals surface area contributed by atoms with Crippen LogP contribution in [-0.2, 0) is 9.59 Å². The van der Waals surface area contributed by atoms with E-state index in [1.807, 2.05) is 60.7 Å². The fourth-order valence-electron chi connectivity index (χ4n) is 4.77. The third kappa shape index (κ3) is 5.01. The summed E-state index contributed by atoms with van der Waals surface area (Å²) >= 11 is 12.6. The maximum atomic E-state index is 13.6. The van der Waals surface area contributed by atoms with Crippen molar-refractivity contribution < 1.29 is 14.4 Å². The molecule has 0 radical (unpaired) electrons. The molecule has 1 saturated heterocycles. The minimum atomic E-state index is -0.840. The van der Waals surface area contributed by atoms with E-state index in [1.54, 1.807) is 54.6 Å². The van der Waals surface area contributed by atoms with Crippen LogP contribution in [0.25, 0.3) is 6.08 Å². The number of aliphatic imine (C=N–C) groups is 1. The minimum Gasteiger partial charge on any atom is -0.271 e. The summed E-state index contributed by atoms with van der Waals surface area (Å²) in [7, 11) is 0. The van der Waals surface area contributed by atoms with Gasteiger partial charge in [-0.05, 0) is 47.5 Å². The molecular weight excluding hydrogens is 559 g/mol. The Morgan fingerprint density at radius 3 is 2.15 bits per heavy atom. The summed E-state index contributed by atoms with van der Waals surface area (Å²) in [5.74, 6) is -0.728. The van der Waals surface area contributed by atoms with Gasteiger partial charge in [-0.1, -0.05) is 90.5 Å². The number of β-lactam (4-membered cyclic amide) rings is 1. The second-order valence-electron chi connectivity index (χ2n) is 9.45. The van der Waals surface area contributed by atoms with E-state index in [9.17, 15) is 14.4 Å². The van der Waals surface area contributed by atoms with Crippen molar-refractivity contribution in [3.8, 4) is 0 Å². The van der Waals surface area contributed by atoms with E-state index in [2.05, 4.69) is 10.4 Å². The zero-order valence-corrected chi connectivity index (χ0v) is 23.0. The van der Waals surface area contributed by atoms with Gasteiger partial charge in [0.2, 0.25) is 0 Å². The summed E-state index contributed by atoms with van der Waals surface area (Å²) in [6.45, 7) is 0. The molecule has 0 aliphatic carbocycles. The molecule has 2 aliphatic rings. The highest BCUT2D eigenvalue weighted by Gasteiger charge is 2.49. The van der Waals surface area contributed by atoms with Crippen LogP contribution in [-0.4, -0.2) is 33.9 Å². The first kappa shape index (κ1) is 26.5. The average Bonchev–Trinajstić information content (AvgIpc) is 3.33. The predicted molar refractivity (Wildman–Crippen MR) is 159 cm³/mol. The fourth-order valence-corrected chi connectivity index (χ4v) is 5.37. The zero-order chi connectivity index (χ0) is 28.5. The molecule has 1 N–H and O–H groups in total. The minimum absolute atomic E-state index is 0.285. The average molecular weight is 581 g/mol. The fraction of sp³-hybridized carbons (Fsp3) is 0.0625. The van der Waals surface area contributed by atoms with Gasteiger partial charge in [-0.2, -0.15) is 0 Å². The van der Waals surface area contributed by atoms with Crippen LogP contribution in [0, 0.1) is 0 Å². The van der Waals surface area contributed by atoms with Gasteiger partial charge in [0.05, 0.1) is 5.69 Å². The van der Waals surface area contributed by atoms with E-state index in [0.29, 0.717) is 33.4 Å². The quantitative estimate of drug-likeness (QED) is 0.172. The third-order valence-corrected chi connectivity index (χ3v) is 7.63. The van der Waals surface area contributed by atoms with Crippen molar-refractivity contribution in [2.75, 3.05) is 4.90 Å². The van der Waals surface area contributed by atoms with Gasteiger partial charge >= 0.3 is 0 Å². The number of halogens is 2. The lowest BCUT2D eigenvalue weighted by Crippen LogP contribution is -2.63. The highest BCUT2D eigenvalue weighted by Crippen LogP contribution is 2.40. The predicted octanol–water partition coefficient (Wildman–Crippen LogP) is 6.01. The van der Waals surface area contributed by atoms with Crippen LogP contribution in [0.2, 0.25) is 5.02 Å². The molecule has 2 atom stereocenters. The van der Waals surface area contributed by atoms with Gasteiger partial charge in [-0.3, -0.25) is 24.7 Å². The van der Waals surface area contributed by atoms with Gasteiger partial charge in [0.15, 0.2) is 0 Å². The summed E-state index contributed by atoms with van der Waals surface area (Å²) < 4.78 is 0. The molecule has 2 aliphatic heterocycles. The number of carbonyl (C=O) groups excluding carboxylic acids is 3. The molecule has 202 valence electrons. The Balaban J connectivity index is 1.25. The Kier molecular flexibility index (Phi) is 7.14. The van der Waals surface area contributed by atoms with Gasteiger partial charge in [-0.15, -0.1) is 11.6 Å². The largest absolute Gasteiger partial charge is 0.282 e. The smallest absolute Gasteiger partial charge is 0.271 e. The van der Waals surface area contributed by atoms with E-state index in [1.165, 1.54) is 9.91 Å².